The first kappa shape index (κ1) is 24.1. The summed E-state index contributed by atoms with van der Waals surface area (Å²) in [6.07, 6.45) is 1.92. The molecule has 34 heavy (non-hydrogen) atoms. The van der Waals surface area contributed by atoms with E-state index in [9.17, 15) is 19.8 Å². The van der Waals surface area contributed by atoms with Gasteiger partial charge in [0.2, 0.25) is 5.91 Å². The molecular formula is C25H33N5O4. The van der Waals surface area contributed by atoms with Gasteiger partial charge in [-0.3, -0.25) is 14.5 Å². The zero-order chi connectivity index (χ0) is 24.1. The van der Waals surface area contributed by atoms with Crippen LogP contribution in [0.5, 0.6) is 0 Å². The van der Waals surface area contributed by atoms with E-state index in [1.807, 2.05) is 34.1 Å². The first-order chi connectivity index (χ1) is 16.4. The average Bonchev–Trinajstić information content (AvgIpc) is 2.83. The lowest BCUT2D eigenvalue weighted by Crippen LogP contribution is -2.43. The zero-order valence-electron chi connectivity index (χ0n) is 19.5. The molecular weight excluding hydrogens is 434 g/mol. The Kier molecular flexibility index (Phi) is 7.77. The summed E-state index contributed by atoms with van der Waals surface area (Å²) < 4.78 is 0. The molecule has 2 aliphatic heterocycles. The van der Waals surface area contributed by atoms with Crippen molar-refractivity contribution in [3.63, 3.8) is 0 Å². The van der Waals surface area contributed by atoms with Crippen molar-refractivity contribution in [2.24, 2.45) is 0 Å². The highest BCUT2D eigenvalue weighted by molar-refractivity contribution is 5.94. The van der Waals surface area contributed by atoms with Gasteiger partial charge in [-0.05, 0) is 36.1 Å². The van der Waals surface area contributed by atoms with E-state index < -0.39 is 12.2 Å². The van der Waals surface area contributed by atoms with Crippen LogP contribution >= 0.6 is 0 Å². The van der Waals surface area contributed by atoms with Crippen LogP contribution in [-0.2, 0) is 11.3 Å². The minimum Gasteiger partial charge on any atom is -0.390 e. The number of hydrogen-bond acceptors (Lipinski definition) is 7. The molecule has 2 aliphatic rings. The number of carbonyl (C=O) groups is 2. The van der Waals surface area contributed by atoms with Gasteiger partial charge < -0.3 is 25.7 Å². The Morgan fingerprint density at radius 3 is 2.74 bits per heavy atom. The summed E-state index contributed by atoms with van der Waals surface area (Å²) in [6.45, 7) is 4.59. The van der Waals surface area contributed by atoms with E-state index in [0.717, 1.165) is 24.0 Å². The number of pyridine rings is 1. The standard InChI is InChI=1S/C25H33N5O4/c1-17(31)30-10-7-20(8-11-30)28-24-12-18(6-9-26-24)25(34)27-13-21(32)15-29-14-19-4-2-3-5-22(19)23(33)16-29/h2-6,9,12,20-21,23,32-33H,7-8,10-11,13-16H2,1H3,(H,26,28)(H,27,34)/t21-,23?/m0/s1. The molecule has 4 N–H and O–H groups in total. The van der Waals surface area contributed by atoms with E-state index >= 15 is 0 Å². The SMILES string of the molecule is CC(=O)N1CCC(Nc2cc(C(=O)NC[C@H](O)CN3Cc4ccccc4C(O)C3)ccn2)CC1. The monoisotopic (exact) mass is 467 g/mol. The van der Waals surface area contributed by atoms with Crippen LogP contribution in [0.15, 0.2) is 42.6 Å². The van der Waals surface area contributed by atoms with Crippen LogP contribution < -0.4 is 10.6 Å². The summed E-state index contributed by atoms with van der Waals surface area (Å²) in [6, 6.07) is 11.3. The number of rotatable bonds is 7. The number of anilines is 1. The third-order valence-electron chi connectivity index (χ3n) is 6.52. The van der Waals surface area contributed by atoms with Crippen molar-refractivity contribution in [2.75, 3.05) is 38.0 Å². The van der Waals surface area contributed by atoms with Crippen molar-refractivity contribution in [1.82, 2.24) is 20.1 Å². The van der Waals surface area contributed by atoms with Crippen molar-refractivity contribution in [2.45, 2.75) is 44.6 Å². The van der Waals surface area contributed by atoms with Crippen molar-refractivity contribution >= 4 is 17.6 Å². The molecule has 9 heteroatoms. The summed E-state index contributed by atoms with van der Waals surface area (Å²) in [7, 11) is 0. The third kappa shape index (κ3) is 6.11. The van der Waals surface area contributed by atoms with E-state index in [-0.39, 0.29) is 24.4 Å². The lowest BCUT2D eigenvalue weighted by molar-refractivity contribution is -0.129. The van der Waals surface area contributed by atoms with Gasteiger partial charge in [0, 0.05) is 64.0 Å². The van der Waals surface area contributed by atoms with Crippen molar-refractivity contribution < 1.29 is 19.8 Å². The topological polar surface area (TPSA) is 118 Å². The minimum absolute atomic E-state index is 0.0960. The van der Waals surface area contributed by atoms with Crippen LogP contribution in [0.2, 0.25) is 0 Å². The number of aromatic nitrogens is 1. The van der Waals surface area contributed by atoms with E-state index in [0.29, 0.717) is 44.1 Å². The van der Waals surface area contributed by atoms with Gasteiger partial charge in [0.15, 0.2) is 0 Å². The molecule has 2 atom stereocenters. The number of likely N-dealkylation sites (tertiary alicyclic amines) is 1. The molecule has 0 radical (unpaired) electrons. The van der Waals surface area contributed by atoms with Crippen molar-refractivity contribution in [3.8, 4) is 0 Å². The van der Waals surface area contributed by atoms with Gasteiger partial charge in [-0.2, -0.15) is 0 Å². The second kappa shape index (κ2) is 10.9. The summed E-state index contributed by atoms with van der Waals surface area (Å²) >= 11 is 0. The highest BCUT2D eigenvalue weighted by Gasteiger charge is 2.25. The normalized spacial score (nSPS) is 19.9. The molecule has 182 valence electrons. The number of β-amino-alcohol motifs (C(OH)–C–C–N with tert-alkyl or cyclic N) is 2. The number of nitrogens with zero attached hydrogens (tertiary/aromatic N) is 3. The van der Waals surface area contributed by atoms with Crippen LogP contribution in [-0.4, -0.2) is 81.7 Å². The molecule has 4 rings (SSSR count). The molecule has 1 aromatic heterocycles. The molecule has 9 nitrogen and oxygen atoms in total. The summed E-state index contributed by atoms with van der Waals surface area (Å²) in [5, 5.41) is 27.0. The molecule has 2 aromatic rings. The van der Waals surface area contributed by atoms with Crippen LogP contribution in [0.25, 0.3) is 0 Å². The fourth-order valence-corrected chi connectivity index (χ4v) is 4.66. The van der Waals surface area contributed by atoms with Crippen molar-refractivity contribution in [1.29, 1.82) is 0 Å². The Morgan fingerprint density at radius 2 is 1.97 bits per heavy atom. The highest BCUT2D eigenvalue weighted by atomic mass is 16.3. The predicted molar refractivity (Wildman–Crippen MR) is 128 cm³/mol. The maximum Gasteiger partial charge on any atom is 0.251 e. The van der Waals surface area contributed by atoms with Gasteiger partial charge in [-0.15, -0.1) is 0 Å². The van der Waals surface area contributed by atoms with E-state index in [2.05, 4.69) is 15.6 Å². The van der Waals surface area contributed by atoms with Crippen molar-refractivity contribution in [3.05, 3.63) is 59.3 Å². The highest BCUT2D eigenvalue weighted by Crippen LogP contribution is 2.26. The Morgan fingerprint density at radius 1 is 1.21 bits per heavy atom. The molecule has 1 unspecified atom stereocenters. The molecule has 1 saturated heterocycles. The van der Waals surface area contributed by atoms with Crippen LogP contribution in [0, 0.1) is 0 Å². The van der Waals surface area contributed by atoms with Crippen LogP contribution in [0.4, 0.5) is 5.82 Å². The quantitative estimate of drug-likeness (QED) is 0.482. The fraction of sp³-hybridized carbons (Fsp3) is 0.480. The minimum atomic E-state index is -0.757. The van der Waals surface area contributed by atoms with Gasteiger partial charge in [0.1, 0.15) is 5.82 Å². The molecule has 0 bridgehead atoms. The Bertz CT molecular complexity index is 1010. The molecule has 1 aromatic carbocycles. The van der Waals surface area contributed by atoms with E-state index in [4.69, 9.17) is 0 Å². The average molecular weight is 468 g/mol. The molecule has 0 spiro atoms. The summed E-state index contributed by atoms with van der Waals surface area (Å²) in [5.74, 6) is 0.439. The molecule has 1 fully saturated rings. The molecule has 2 amide bonds. The largest absolute Gasteiger partial charge is 0.390 e. The van der Waals surface area contributed by atoms with Gasteiger partial charge >= 0.3 is 0 Å². The molecule has 0 aliphatic carbocycles. The number of hydrogen-bond donors (Lipinski definition) is 4. The predicted octanol–water partition coefficient (Wildman–Crippen LogP) is 1.14. The first-order valence-electron chi connectivity index (χ1n) is 11.8. The maximum absolute atomic E-state index is 12.6. The molecule has 3 heterocycles. The summed E-state index contributed by atoms with van der Waals surface area (Å²) in [5.41, 5.74) is 2.46. The summed E-state index contributed by atoms with van der Waals surface area (Å²) in [4.78, 5) is 32.3. The number of benzene rings is 1. The maximum atomic E-state index is 12.6. The number of carbonyl (C=O) groups excluding carboxylic acids is 2. The number of aliphatic hydroxyl groups excluding tert-OH is 2. The number of amides is 2. The second-order valence-electron chi connectivity index (χ2n) is 9.13. The zero-order valence-corrected chi connectivity index (χ0v) is 19.5. The van der Waals surface area contributed by atoms with E-state index in [1.165, 1.54) is 0 Å². The first-order valence-corrected chi connectivity index (χ1v) is 11.8. The Labute approximate surface area is 199 Å². The number of fused-ring (bicyclic) bond motifs is 1. The Hall–Kier alpha value is -3.01. The van der Waals surface area contributed by atoms with Gasteiger partial charge in [-0.1, -0.05) is 24.3 Å². The van der Waals surface area contributed by atoms with Gasteiger partial charge in [0.05, 0.1) is 12.2 Å². The fourth-order valence-electron chi connectivity index (χ4n) is 4.66. The number of nitrogens with one attached hydrogen (secondary N) is 2. The number of aliphatic hydroxyl groups is 2. The van der Waals surface area contributed by atoms with Crippen LogP contribution in [0.3, 0.4) is 0 Å². The number of piperidine rings is 1. The smallest absolute Gasteiger partial charge is 0.251 e. The third-order valence-corrected chi connectivity index (χ3v) is 6.52. The van der Waals surface area contributed by atoms with Crippen LogP contribution in [0.1, 0.15) is 47.4 Å². The van der Waals surface area contributed by atoms with Gasteiger partial charge in [-0.25, -0.2) is 4.98 Å². The lowest BCUT2D eigenvalue weighted by atomic mass is 9.97. The van der Waals surface area contributed by atoms with Gasteiger partial charge in [0.25, 0.3) is 5.91 Å². The molecule has 0 saturated carbocycles. The second-order valence-corrected chi connectivity index (χ2v) is 9.13. The van der Waals surface area contributed by atoms with E-state index in [1.54, 1.807) is 25.3 Å². The Balaban J connectivity index is 1.24. The lowest BCUT2D eigenvalue weighted by Gasteiger charge is -2.33.